The van der Waals surface area contributed by atoms with Crippen LogP contribution in [0.3, 0.4) is 0 Å². The van der Waals surface area contributed by atoms with E-state index < -0.39 is 5.60 Å². The van der Waals surface area contributed by atoms with Crippen molar-refractivity contribution in [1.82, 2.24) is 10.6 Å². The van der Waals surface area contributed by atoms with Gasteiger partial charge in [0.2, 0.25) is 0 Å². The highest BCUT2D eigenvalue weighted by Crippen LogP contribution is 2.25. The Kier molecular flexibility index (Phi) is 6.07. The van der Waals surface area contributed by atoms with E-state index in [-0.39, 0.29) is 18.7 Å². The van der Waals surface area contributed by atoms with E-state index in [1.54, 1.807) is 0 Å². The van der Waals surface area contributed by atoms with Gasteiger partial charge in [0, 0.05) is 18.6 Å². The maximum absolute atomic E-state index is 11.6. The number of hydrogen-bond acceptors (Lipinski definition) is 4. The largest absolute Gasteiger partial charge is 0.444 e. The zero-order valence-corrected chi connectivity index (χ0v) is 12.5. The molecule has 0 aromatic carbocycles. The standard InChI is InChI=1S/C14H28N2O3/c1-10(9-17)16-12-7-5-6-11(12)8-15-13(18)19-14(2,3)4/h10-12,16-17H,5-9H2,1-4H3,(H,15,18). The first-order chi connectivity index (χ1) is 8.81. The van der Waals surface area contributed by atoms with E-state index in [0.717, 1.165) is 19.3 Å². The van der Waals surface area contributed by atoms with Crippen LogP contribution in [0.15, 0.2) is 0 Å². The summed E-state index contributed by atoms with van der Waals surface area (Å²) >= 11 is 0. The third-order valence-corrected chi connectivity index (χ3v) is 3.34. The first kappa shape index (κ1) is 16.2. The lowest BCUT2D eigenvalue weighted by atomic mass is 10.0. The molecule has 1 amide bonds. The summed E-state index contributed by atoms with van der Waals surface area (Å²) in [6, 6.07) is 0.476. The van der Waals surface area contributed by atoms with Gasteiger partial charge in [-0.3, -0.25) is 0 Å². The molecule has 3 N–H and O–H groups in total. The summed E-state index contributed by atoms with van der Waals surface area (Å²) in [5.74, 6) is 0.418. The number of alkyl carbamates (subject to hydrolysis) is 1. The molecule has 1 aliphatic rings. The van der Waals surface area contributed by atoms with Gasteiger partial charge in [-0.05, 0) is 46.5 Å². The Bertz CT molecular complexity index is 289. The average Bonchev–Trinajstić information content (AvgIpc) is 2.71. The third-order valence-electron chi connectivity index (χ3n) is 3.34. The van der Waals surface area contributed by atoms with E-state index in [2.05, 4.69) is 10.6 Å². The molecule has 19 heavy (non-hydrogen) atoms. The number of amides is 1. The Labute approximate surface area is 116 Å². The molecule has 0 heterocycles. The number of rotatable bonds is 5. The van der Waals surface area contributed by atoms with Crippen molar-refractivity contribution in [3.63, 3.8) is 0 Å². The summed E-state index contributed by atoms with van der Waals surface area (Å²) in [4.78, 5) is 11.6. The van der Waals surface area contributed by atoms with E-state index in [4.69, 9.17) is 9.84 Å². The zero-order chi connectivity index (χ0) is 14.5. The molecule has 0 aromatic heterocycles. The molecule has 1 aliphatic carbocycles. The van der Waals surface area contributed by atoms with Crippen molar-refractivity contribution in [2.75, 3.05) is 13.2 Å². The summed E-state index contributed by atoms with van der Waals surface area (Å²) < 4.78 is 5.22. The Morgan fingerprint density at radius 1 is 1.42 bits per heavy atom. The Balaban J connectivity index is 2.33. The summed E-state index contributed by atoms with van der Waals surface area (Å²) in [5, 5.41) is 15.3. The van der Waals surface area contributed by atoms with E-state index in [0.29, 0.717) is 18.5 Å². The molecule has 5 heteroatoms. The SMILES string of the molecule is CC(CO)NC1CCCC1CNC(=O)OC(C)(C)C. The molecular weight excluding hydrogens is 244 g/mol. The second-order valence-electron chi connectivity index (χ2n) is 6.43. The van der Waals surface area contributed by atoms with Crippen LogP contribution >= 0.6 is 0 Å². The number of aliphatic hydroxyl groups excluding tert-OH is 1. The van der Waals surface area contributed by atoms with Crippen LogP contribution in [0.1, 0.15) is 47.0 Å². The van der Waals surface area contributed by atoms with Crippen molar-refractivity contribution in [2.45, 2.75) is 64.6 Å². The van der Waals surface area contributed by atoms with Gasteiger partial charge in [-0.15, -0.1) is 0 Å². The van der Waals surface area contributed by atoms with Crippen LogP contribution in [0.4, 0.5) is 4.79 Å². The third kappa shape index (κ3) is 6.25. The highest BCUT2D eigenvalue weighted by atomic mass is 16.6. The lowest BCUT2D eigenvalue weighted by Crippen LogP contribution is -2.44. The molecule has 1 fully saturated rings. The lowest BCUT2D eigenvalue weighted by Gasteiger charge is -2.25. The molecule has 0 radical (unpaired) electrons. The molecule has 5 nitrogen and oxygen atoms in total. The fourth-order valence-corrected chi connectivity index (χ4v) is 2.45. The van der Waals surface area contributed by atoms with Crippen LogP contribution in [0, 0.1) is 5.92 Å². The molecule has 1 saturated carbocycles. The van der Waals surface area contributed by atoms with Crippen molar-refractivity contribution < 1.29 is 14.6 Å². The smallest absolute Gasteiger partial charge is 0.407 e. The van der Waals surface area contributed by atoms with Crippen LogP contribution in [-0.2, 0) is 4.74 Å². The summed E-state index contributed by atoms with van der Waals surface area (Å²) in [6.07, 6.45) is 3.01. The van der Waals surface area contributed by atoms with Crippen LogP contribution in [0.5, 0.6) is 0 Å². The Hall–Kier alpha value is -0.810. The van der Waals surface area contributed by atoms with Gasteiger partial charge in [-0.1, -0.05) is 6.42 Å². The van der Waals surface area contributed by atoms with Crippen LogP contribution in [0.2, 0.25) is 0 Å². The Morgan fingerprint density at radius 3 is 2.68 bits per heavy atom. The highest BCUT2D eigenvalue weighted by molar-refractivity contribution is 5.67. The van der Waals surface area contributed by atoms with Gasteiger partial charge >= 0.3 is 6.09 Å². The van der Waals surface area contributed by atoms with Crippen molar-refractivity contribution in [1.29, 1.82) is 0 Å². The van der Waals surface area contributed by atoms with Crippen LogP contribution in [0.25, 0.3) is 0 Å². The number of carbonyl (C=O) groups is 1. The van der Waals surface area contributed by atoms with E-state index >= 15 is 0 Å². The van der Waals surface area contributed by atoms with Crippen LogP contribution in [-0.4, -0.2) is 42.0 Å². The van der Waals surface area contributed by atoms with Gasteiger partial charge in [0.15, 0.2) is 0 Å². The number of ether oxygens (including phenoxy) is 1. The molecular formula is C14H28N2O3. The maximum atomic E-state index is 11.6. The van der Waals surface area contributed by atoms with Crippen molar-refractivity contribution >= 4 is 6.09 Å². The first-order valence-corrected chi connectivity index (χ1v) is 7.15. The molecule has 3 atom stereocenters. The van der Waals surface area contributed by atoms with E-state index in [9.17, 15) is 4.79 Å². The minimum atomic E-state index is -0.456. The lowest BCUT2D eigenvalue weighted by molar-refractivity contribution is 0.0516. The number of nitrogens with one attached hydrogen (secondary N) is 2. The van der Waals surface area contributed by atoms with Gasteiger partial charge in [0.25, 0.3) is 0 Å². The molecule has 0 saturated heterocycles. The number of aliphatic hydroxyl groups is 1. The van der Waals surface area contributed by atoms with Crippen molar-refractivity contribution in [2.24, 2.45) is 5.92 Å². The van der Waals surface area contributed by atoms with E-state index in [1.165, 1.54) is 0 Å². The van der Waals surface area contributed by atoms with Gasteiger partial charge in [-0.2, -0.15) is 0 Å². The van der Waals surface area contributed by atoms with Crippen molar-refractivity contribution in [3.8, 4) is 0 Å². The highest BCUT2D eigenvalue weighted by Gasteiger charge is 2.28. The number of hydrogen-bond donors (Lipinski definition) is 3. The molecule has 0 aliphatic heterocycles. The predicted octanol–water partition coefficient (Wildman–Crippen LogP) is 1.65. The normalized spacial score (nSPS) is 25.1. The van der Waals surface area contributed by atoms with Gasteiger partial charge < -0.3 is 20.5 Å². The quantitative estimate of drug-likeness (QED) is 0.711. The second kappa shape index (κ2) is 7.10. The molecule has 3 unspecified atom stereocenters. The van der Waals surface area contributed by atoms with Gasteiger partial charge in [-0.25, -0.2) is 4.79 Å². The first-order valence-electron chi connectivity index (χ1n) is 7.15. The second-order valence-corrected chi connectivity index (χ2v) is 6.43. The molecule has 0 spiro atoms. The summed E-state index contributed by atoms with van der Waals surface area (Å²) in [6.45, 7) is 8.31. The summed E-state index contributed by atoms with van der Waals surface area (Å²) in [7, 11) is 0. The minimum Gasteiger partial charge on any atom is -0.444 e. The molecule has 112 valence electrons. The van der Waals surface area contributed by atoms with Crippen molar-refractivity contribution in [3.05, 3.63) is 0 Å². The average molecular weight is 272 g/mol. The topological polar surface area (TPSA) is 70.6 Å². The number of carbonyl (C=O) groups excluding carboxylic acids is 1. The zero-order valence-electron chi connectivity index (χ0n) is 12.5. The van der Waals surface area contributed by atoms with Crippen LogP contribution < -0.4 is 10.6 Å². The fraction of sp³-hybridized carbons (Fsp3) is 0.929. The molecule has 0 aromatic rings. The Morgan fingerprint density at radius 2 is 2.11 bits per heavy atom. The van der Waals surface area contributed by atoms with E-state index in [1.807, 2.05) is 27.7 Å². The minimum absolute atomic E-state index is 0.104. The molecule has 0 bridgehead atoms. The predicted molar refractivity (Wildman–Crippen MR) is 75.0 cm³/mol. The van der Waals surface area contributed by atoms with Gasteiger partial charge in [0.05, 0.1) is 6.61 Å². The monoisotopic (exact) mass is 272 g/mol. The maximum Gasteiger partial charge on any atom is 0.407 e. The fourth-order valence-electron chi connectivity index (χ4n) is 2.45. The molecule has 1 rings (SSSR count). The summed E-state index contributed by atoms with van der Waals surface area (Å²) in [5.41, 5.74) is -0.456. The van der Waals surface area contributed by atoms with Gasteiger partial charge in [0.1, 0.15) is 5.60 Å².